The topological polar surface area (TPSA) is 143 Å². The van der Waals surface area contributed by atoms with Crippen LogP contribution in [-0.4, -0.2) is 53.9 Å². The molecule has 0 saturated carbocycles. The molecule has 0 spiro atoms. The van der Waals surface area contributed by atoms with Crippen LogP contribution in [0.1, 0.15) is 50.7 Å². The number of aromatic nitrogens is 1. The van der Waals surface area contributed by atoms with Crippen molar-refractivity contribution in [2.45, 2.75) is 53.1 Å². The van der Waals surface area contributed by atoms with Crippen molar-refractivity contribution >= 4 is 23.8 Å². The molecule has 0 aromatic carbocycles. The van der Waals surface area contributed by atoms with Crippen molar-refractivity contribution in [3.8, 4) is 0 Å². The van der Waals surface area contributed by atoms with Crippen molar-refractivity contribution in [1.29, 1.82) is 0 Å². The normalized spacial score (nSPS) is 10.9. The zero-order valence-electron chi connectivity index (χ0n) is 17.2. The van der Waals surface area contributed by atoms with E-state index in [9.17, 15) is 24.0 Å². The van der Waals surface area contributed by atoms with E-state index in [1.807, 2.05) is 0 Å². The van der Waals surface area contributed by atoms with Crippen molar-refractivity contribution in [2.75, 3.05) is 19.8 Å². The maximum absolute atomic E-state index is 12.7. The minimum absolute atomic E-state index is 0.00583. The summed E-state index contributed by atoms with van der Waals surface area (Å²) in [7, 11) is 0. The van der Waals surface area contributed by atoms with Crippen LogP contribution >= 0.6 is 0 Å². The molecule has 1 amide bonds. The first-order valence-electron chi connectivity index (χ1n) is 9.21. The first-order valence-corrected chi connectivity index (χ1v) is 9.21. The molecular formula is C18H26N2O9. The van der Waals surface area contributed by atoms with E-state index < -0.39 is 47.1 Å². The lowest BCUT2D eigenvalue weighted by Gasteiger charge is -2.29. The maximum atomic E-state index is 12.7. The van der Waals surface area contributed by atoms with Crippen molar-refractivity contribution in [1.82, 2.24) is 10.1 Å². The molecule has 11 heteroatoms. The number of hydrogen-bond acceptors (Lipinski definition) is 9. The number of rotatable bonds is 10. The second-order valence-electron chi connectivity index (χ2n) is 5.82. The molecule has 1 N–H and O–H groups in total. The molecule has 29 heavy (non-hydrogen) atoms. The summed E-state index contributed by atoms with van der Waals surface area (Å²) in [6.45, 7) is 7.14. The second-order valence-corrected chi connectivity index (χ2v) is 5.82. The molecule has 1 aromatic rings. The van der Waals surface area contributed by atoms with Crippen LogP contribution in [0.5, 0.6) is 0 Å². The molecule has 0 atom stereocenters. The van der Waals surface area contributed by atoms with Crippen molar-refractivity contribution in [3.63, 3.8) is 0 Å². The van der Waals surface area contributed by atoms with E-state index in [1.54, 1.807) is 13.8 Å². The van der Waals surface area contributed by atoms with Gasteiger partial charge in [0.25, 0.3) is 5.56 Å². The van der Waals surface area contributed by atoms with Gasteiger partial charge in [0.05, 0.1) is 31.9 Å². The Bertz CT molecular complexity index is 804. The van der Waals surface area contributed by atoms with Crippen LogP contribution in [0.15, 0.2) is 9.32 Å². The predicted octanol–water partition coefficient (Wildman–Crippen LogP) is 0.182. The summed E-state index contributed by atoms with van der Waals surface area (Å²) in [4.78, 5) is 62.2. The first kappa shape index (κ1) is 23.9. The van der Waals surface area contributed by atoms with Crippen LogP contribution < -0.4 is 10.9 Å². The van der Waals surface area contributed by atoms with Gasteiger partial charge in [-0.15, -0.1) is 0 Å². The number of amides is 1. The number of nitrogens with zero attached hydrogens (tertiary/aromatic N) is 1. The van der Waals surface area contributed by atoms with Crippen molar-refractivity contribution in [3.05, 3.63) is 21.7 Å². The van der Waals surface area contributed by atoms with Gasteiger partial charge in [0.1, 0.15) is 0 Å². The average Bonchev–Trinajstić information content (AvgIpc) is 2.97. The monoisotopic (exact) mass is 414 g/mol. The fraction of sp³-hybridized carbons (Fsp3) is 0.611. The van der Waals surface area contributed by atoms with E-state index in [-0.39, 0.29) is 31.9 Å². The summed E-state index contributed by atoms with van der Waals surface area (Å²) in [5, 5.41) is 2.23. The zero-order valence-corrected chi connectivity index (χ0v) is 17.2. The number of hydrogen-bond donors (Lipinski definition) is 1. The lowest BCUT2D eigenvalue weighted by atomic mass is 9.90. The van der Waals surface area contributed by atoms with Gasteiger partial charge in [-0.25, -0.2) is 14.4 Å². The zero-order chi connectivity index (χ0) is 22.2. The Labute approximate surface area is 167 Å². The standard InChI is InChI=1S/C18H26N2O9/c1-6-20-14(22)12(13(29-20)15(23)26-7-2)10-18(19-11(5)21,16(24)27-8-3)17(25)28-9-4/h6-10H2,1-5H3,(H,19,21). The van der Waals surface area contributed by atoms with Gasteiger partial charge in [0.2, 0.25) is 17.2 Å². The lowest BCUT2D eigenvalue weighted by Crippen LogP contribution is -2.63. The molecule has 0 unspecified atom stereocenters. The van der Waals surface area contributed by atoms with Gasteiger partial charge < -0.3 is 24.1 Å². The first-order chi connectivity index (χ1) is 13.7. The fourth-order valence-corrected chi connectivity index (χ4v) is 2.62. The van der Waals surface area contributed by atoms with E-state index >= 15 is 0 Å². The molecule has 1 rings (SSSR count). The molecule has 0 fully saturated rings. The van der Waals surface area contributed by atoms with E-state index in [0.29, 0.717) is 0 Å². The SMILES string of the molecule is CCOC(=O)c1on(CC)c(=O)c1CC(NC(C)=O)(C(=O)OCC)C(=O)OCC. The van der Waals surface area contributed by atoms with Gasteiger partial charge in [-0.2, -0.15) is 4.74 Å². The van der Waals surface area contributed by atoms with Crippen LogP contribution in [0.4, 0.5) is 0 Å². The Morgan fingerprint density at radius 2 is 1.48 bits per heavy atom. The summed E-state index contributed by atoms with van der Waals surface area (Å²) in [6, 6.07) is 0. The molecule has 0 bridgehead atoms. The van der Waals surface area contributed by atoms with Gasteiger partial charge in [-0.05, 0) is 27.7 Å². The second kappa shape index (κ2) is 10.4. The predicted molar refractivity (Wildman–Crippen MR) is 98.1 cm³/mol. The molecule has 0 aliphatic rings. The highest BCUT2D eigenvalue weighted by Crippen LogP contribution is 2.21. The van der Waals surface area contributed by atoms with Crippen LogP contribution in [0.3, 0.4) is 0 Å². The summed E-state index contributed by atoms with van der Waals surface area (Å²) in [6.07, 6.45) is -0.715. The number of aryl methyl sites for hydroxylation is 1. The molecule has 11 nitrogen and oxygen atoms in total. The molecule has 0 radical (unpaired) electrons. The van der Waals surface area contributed by atoms with E-state index in [0.717, 1.165) is 11.7 Å². The fourth-order valence-electron chi connectivity index (χ4n) is 2.62. The Kier molecular flexibility index (Phi) is 8.61. The minimum Gasteiger partial charge on any atom is -0.464 e. The number of nitrogens with one attached hydrogen (secondary N) is 1. The van der Waals surface area contributed by atoms with E-state index in [1.165, 1.54) is 13.8 Å². The van der Waals surface area contributed by atoms with Crippen molar-refractivity contribution in [2.24, 2.45) is 0 Å². The summed E-state index contributed by atoms with van der Waals surface area (Å²) >= 11 is 0. The summed E-state index contributed by atoms with van der Waals surface area (Å²) in [5.74, 6) is -4.43. The highest BCUT2D eigenvalue weighted by atomic mass is 16.6. The number of carbonyl (C=O) groups is 4. The number of esters is 3. The van der Waals surface area contributed by atoms with Gasteiger partial charge in [0, 0.05) is 13.3 Å². The Hall–Kier alpha value is -3.11. The van der Waals surface area contributed by atoms with Gasteiger partial charge in [0.15, 0.2) is 0 Å². The molecule has 0 aliphatic heterocycles. The summed E-state index contributed by atoms with van der Waals surface area (Å²) < 4.78 is 20.9. The highest BCUT2D eigenvalue weighted by molar-refractivity contribution is 6.08. The van der Waals surface area contributed by atoms with Gasteiger partial charge >= 0.3 is 17.9 Å². The molecule has 0 aliphatic carbocycles. The quantitative estimate of drug-likeness (QED) is 0.322. The molecule has 0 saturated heterocycles. The van der Waals surface area contributed by atoms with E-state index in [4.69, 9.17) is 18.7 Å². The lowest BCUT2D eigenvalue weighted by molar-refractivity contribution is -0.168. The Balaban J connectivity index is 3.67. The van der Waals surface area contributed by atoms with Crippen molar-refractivity contribution < 1.29 is 37.9 Å². The largest absolute Gasteiger partial charge is 0.464 e. The van der Waals surface area contributed by atoms with Gasteiger partial charge in [-0.3, -0.25) is 9.59 Å². The third kappa shape index (κ3) is 5.24. The molecular weight excluding hydrogens is 388 g/mol. The summed E-state index contributed by atoms with van der Waals surface area (Å²) in [5.41, 5.74) is -3.45. The Morgan fingerprint density at radius 3 is 1.90 bits per heavy atom. The minimum atomic E-state index is -2.38. The van der Waals surface area contributed by atoms with Crippen LogP contribution in [-0.2, 0) is 41.6 Å². The smallest absolute Gasteiger partial charge is 0.377 e. The van der Waals surface area contributed by atoms with Gasteiger partial charge in [-0.1, -0.05) is 0 Å². The highest BCUT2D eigenvalue weighted by Gasteiger charge is 2.52. The molecule has 1 heterocycles. The molecule has 162 valence electrons. The van der Waals surface area contributed by atoms with Crippen LogP contribution in [0.2, 0.25) is 0 Å². The third-order valence-electron chi connectivity index (χ3n) is 3.79. The van der Waals surface area contributed by atoms with Crippen LogP contribution in [0, 0.1) is 0 Å². The number of carbonyl (C=O) groups excluding carboxylic acids is 4. The maximum Gasteiger partial charge on any atom is 0.377 e. The average molecular weight is 414 g/mol. The third-order valence-corrected chi connectivity index (χ3v) is 3.79. The van der Waals surface area contributed by atoms with E-state index in [2.05, 4.69) is 5.32 Å². The van der Waals surface area contributed by atoms with Crippen LogP contribution in [0.25, 0.3) is 0 Å². The molecule has 1 aromatic heterocycles. The number of ether oxygens (including phenoxy) is 3. The Morgan fingerprint density at radius 1 is 0.966 bits per heavy atom.